The van der Waals surface area contributed by atoms with Gasteiger partial charge >= 0.3 is 0 Å². The van der Waals surface area contributed by atoms with E-state index < -0.39 is 0 Å². The van der Waals surface area contributed by atoms with E-state index in [1.165, 1.54) is 49.4 Å². The number of hydrogen-bond donors (Lipinski definition) is 2. The van der Waals surface area contributed by atoms with Crippen molar-refractivity contribution >= 4 is 17.4 Å². The molecule has 2 aromatic rings. The van der Waals surface area contributed by atoms with E-state index >= 15 is 0 Å². The van der Waals surface area contributed by atoms with E-state index in [1.807, 2.05) is 0 Å². The highest BCUT2D eigenvalue weighted by atomic mass is 32.2. The molecule has 2 aliphatic heterocycles. The van der Waals surface area contributed by atoms with Gasteiger partial charge in [0.15, 0.2) is 5.16 Å². The second-order valence-corrected chi connectivity index (χ2v) is 6.87. The van der Waals surface area contributed by atoms with Crippen molar-refractivity contribution in [3.05, 3.63) is 30.6 Å². The number of aromatic nitrogens is 3. The molecule has 0 spiro atoms. The number of aromatic amines is 1. The Balaban J connectivity index is 1.39. The highest BCUT2D eigenvalue weighted by Crippen LogP contribution is 2.30. The average molecular weight is 301 g/mol. The normalized spacial score (nSPS) is 27.7. The number of fused-ring (bicyclic) bond motifs is 2. The number of rotatable bonds is 4. The SMILES string of the molecule is c1n[nH]c(Sc2ccc(NC3CCN4CCC3C4)cc2)n1. The van der Waals surface area contributed by atoms with Crippen molar-refractivity contribution in [2.24, 2.45) is 5.92 Å². The summed E-state index contributed by atoms with van der Waals surface area (Å²) in [6.07, 6.45) is 4.14. The minimum atomic E-state index is 0.636. The van der Waals surface area contributed by atoms with Gasteiger partial charge < -0.3 is 10.2 Å². The molecule has 0 amide bonds. The molecule has 6 heteroatoms. The number of nitrogens with one attached hydrogen (secondary N) is 2. The summed E-state index contributed by atoms with van der Waals surface area (Å²) in [6.45, 7) is 3.81. The Morgan fingerprint density at radius 3 is 2.86 bits per heavy atom. The molecule has 2 fully saturated rings. The molecule has 0 saturated carbocycles. The number of anilines is 1. The van der Waals surface area contributed by atoms with Crippen LogP contribution in [0.3, 0.4) is 0 Å². The summed E-state index contributed by atoms with van der Waals surface area (Å²) in [5.41, 5.74) is 1.22. The number of hydrogen-bond acceptors (Lipinski definition) is 5. The van der Waals surface area contributed by atoms with Gasteiger partial charge in [-0.05, 0) is 49.6 Å². The second-order valence-electron chi connectivity index (χ2n) is 5.81. The van der Waals surface area contributed by atoms with Crippen LogP contribution >= 0.6 is 11.8 Å². The quantitative estimate of drug-likeness (QED) is 0.908. The zero-order valence-electron chi connectivity index (χ0n) is 11.8. The van der Waals surface area contributed by atoms with Crippen LogP contribution in [-0.2, 0) is 0 Å². The van der Waals surface area contributed by atoms with Crippen LogP contribution in [0, 0.1) is 5.92 Å². The maximum atomic E-state index is 4.13. The van der Waals surface area contributed by atoms with E-state index in [0.717, 1.165) is 11.1 Å². The van der Waals surface area contributed by atoms with Crippen molar-refractivity contribution < 1.29 is 0 Å². The van der Waals surface area contributed by atoms with Gasteiger partial charge in [-0.25, -0.2) is 4.98 Å². The van der Waals surface area contributed by atoms with Gasteiger partial charge in [-0.3, -0.25) is 5.10 Å². The number of piperidine rings is 1. The van der Waals surface area contributed by atoms with E-state index in [-0.39, 0.29) is 0 Å². The van der Waals surface area contributed by atoms with E-state index in [4.69, 9.17) is 0 Å². The molecule has 21 heavy (non-hydrogen) atoms. The zero-order valence-corrected chi connectivity index (χ0v) is 12.6. The second kappa shape index (κ2) is 5.69. The van der Waals surface area contributed by atoms with Crippen LogP contribution in [0.15, 0.2) is 40.6 Å². The lowest BCUT2D eigenvalue weighted by Gasteiger charge is -2.31. The molecule has 1 aromatic carbocycles. The van der Waals surface area contributed by atoms with Crippen LogP contribution in [-0.4, -0.2) is 45.8 Å². The smallest absolute Gasteiger partial charge is 0.188 e. The fourth-order valence-electron chi connectivity index (χ4n) is 3.33. The van der Waals surface area contributed by atoms with Crippen LogP contribution in [0.5, 0.6) is 0 Å². The standard InChI is InChI=1S/C15H19N5S/c1-3-13(21-15-16-10-17-19-15)4-2-12(1)18-14-6-8-20-7-5-11(14)9-20/h1-4,10-11,14,18H,5-9H2,(H,16,17,19). The predicted molar refractivity (Wildman–Crippen MR) is 83.5 cm³/mol. The topological polar surface area (TPSA) is 56.8 Å². The third-order valence-electron chi connectivity index (χ3n) is 4.45. The molecule has 1 aromatic heterocycles. The number of H-pyrrole nitrogens is 1. The fourth-order valence-corrected chi connectivity index (χ4v) is 4.02. The van der Waals surface area contributed by atoms with Crippen molar-refractivity contribution in [2.45, 2.75) is 28.9 Å². The molecule has 3 heterocycles. The van der Waals surface area contributed by atoms with Gasteiger partial charge in [0.2, 0.25) is 0 Å². The lowest BCUT2D eigenvalue weighted by Crippen LogP contribution is -2.39. The average Bonchev–Trinajstić information content (AvgIpc) is 3.14. The minimum absolute atomic E-state index is 0.636. The molecule has 3 unspecified atom stereocenters. The minimum Gasteiger partial charge on any atom is -0.382 e. The molecule has 2 bridgehead atoms. The highest BCUT2D eigenvalue weighted by Gasteiger charge is 2.33. The number of benzene rings is 1. The van der Waals surface area contributed by atoms with Crippen molar-refractivity contribution in [1.82, 2.24) is 20.1 Å². The van der Waals surface area contributed by atoms with E-state index in [2.05, 4.69) is 49.7 Å². The van der Waals surface area contributed by atoms with Gasteiger partial charge in [0, 0.05) is 29.7 Å². The third kappa shape index (κ3) is 2.91. The summed E-state index contributed by atoms with van der Waals surface area (Å²) < 4.78 is 0. The summed E-state index contributed by atoms with van der Waals surface area (Å²) in [5.74, 6) is 0.821. The van der Waals surface area contributed by atoms with Crippen LogP contribution in [0.1, 0.15) is 12.8 Å². The molecule has 0 aliphatic carbocycles. The van der Waals surface area contributed by atoms with E-state index in [0.29, 0.717) is 6.04 Å². The monoisotopic (exact) mass is 301 g/mol. The van der Waals surface area contributed by atoms with Gasteiger partial charge in [0.25, 0.3) is 0 Å². The Kier molecular flexibility index (Phi) is 3.57. The summed E-state index contributed by atoms with van der Waals surface area (Å²) in [7, 11) is 0. The van der Waals surface area contributed by atoms with Crippen molar-refractivity contribution in [1.29, 1.82) is 0 Å². The molecular formula is C15H19N5S. The highest BCUT2D eigenvalue weighted by molar-refractivity contribution is 7.99. The summed E-state index contributed by atoms with van der Waals surface area (Å²) in [6, 6.07) is 9.25. The van der Waals surface area contributed by atoms with Crippen molar-refractivity contribution in [3.63, 3.8) is 0 Å². The van der Waals surface area contributed by atoms with Crippen LogP contribution in [0.4, 0.5) is 5.69 Å². The van der Waals surface area contributed by atoms with Crippen LogP contribution in [0.25, 0.3) is 0 Å². The molecule has 110 valence electrons. The molecule has 2 aliphatic rings. The molecule has 4 rings (SSSR count). The molecule has 5 nitrogen and oxygen atoms in total. The molecule has 2 N–H and O–H groups in total. The molecular weight excluding hydrogens is 282 g/mol. The fraction of sp³-hybridized carbons (Fsp3) is 0.467. The largest absolute Gasteiger partial charge is 0.382 e. The molecule has 0 radical (unpaired) electrons. The Bertz CT molecular complexity index is 583. The van der Waals surface area contributed by atoms with Gasteiger partial charge in [-0.15, -0.1) is 0 Å². The first-order chi connectivity index (χ1) is 10.4. The Hall–Kier alpha value is -1.53. The summed E-state index contributed by atoms with van der Waals surface area (Å²) >= 11 is 1.60. The first-order valence-electron chi connectivity index (χ1n) is 7.49. The Morgan fingerprint density at radius 1 is 1.19 bits per heavy atom. The molecule has 2 saturated heterocycles. The van der Waals surface area contributed by atoms with Crippen LogP contribution in [0.2, 0.25) is 0 Å². The van der Waals surface area contributed by atoms with Gasteiger partial charge in [0.05, 0.1) is 0 Å². The Morgan fingerprint density at radius 2 is 2.05 bits per heavy atom. The van der Waals surface area contributed by atoms with Crippen molar-refractivity contribution in [3.8, 4) is 0 Å². The lowest BCUT2D eigenvalue weighted by molar-refractivity contribution is 0.255. The van der Waals surface area contributed by atoms with Gasteiger partial charge in [-0.2, -0.15) is 5.10 Å². The summed E-state index contributed by atoms with van der Waals surface area (Å²) in [4.78, 5) is 7.89. The van der Waals surface area contributed by atoms with Gasteiger partial charge in [0.1, 0.15) is 6.33 Å². The Labute approximate surface area is 128 Å². The third-order valence-corrected chi connectivity index (χ3v) is 5.35. The van der Waals surface area contributed by atoms with E-state index in [9.17, 15) is 0 Å². The predicted octanol–water partition coefficient (Wildman–Crippen LogP) is 2.46. The molecule has 3 atom stereocenters. The van der Waals surface area contributed by atoms with Gasteiger partial charge in [-0.1, -0.05) is 11.8 Å². The summed E-state index contributed by atoms with van der Waals surface area (Å²) in [5, 5.41) is 11.3. The zero-order chi connectivity index (χ0) is 14.1. The van der Waals surface area contributed by atoms with E-state index in [1.54, 1.807) is 11.8 Å². The maximum Gasteiger partial charge on any atom is 0.188 e. The number of nitrogens with zero attached hydrogens (tertiary/aromatic N) is 3. The van der Waals surface area contributed by atoms with Crippen molar-refractivity contribution in [2.75, 3.05) is 25.0 Å². The maximum absolute atomic E-state index is 4.13. The lowest BCUT2D eigenvalue weighted by atomic mass is 9.94. The first-order valence-corrected chi connectivity index (χ1v) is 8.31. The first kappa shape index (κ1) is 13.2. The van der Waals surface area contributed by atoms with Crippen LogP contribution < -0.4 is 5.32 Å².